The first kappa shape index (κ1) is 26.5. The van der Waals surface area contributed by atoms with Gasteiger partial charge in [-0.3, -0.25) is 0 Å². The van der Waals surface area contributed by atoms with Crippen LogP contribution in [0.5, 0.6) is 0 Å². The van der Waals surface area contributed by atoms with E-state index in [1.165, 1.54) is 22.8 Å². The number of anilines is 1. The van der Waals surface area contributed by atoms with Crippen LogP contribution in [-0.4, -0.2) is 81.5 Å². The molecule has 31 heavy (non-hydrogen) atoms. The molecule has 2 saturated heterocycles. The fourth-order valence-electron chi connectivity index (χ4n) is 3.91. The molecule has 2 aliphatic heterocycles. The van der Waals surface area contributed by atoms with Crippen molar-refractivity contribution >= 4 is 47.4 Å². The van der Waals surface area contributed by atoms with Crippen LogP contribution in [0, 0.1) is 0 Å². The molecule has 8 heteroatoms. The van der Waals surface area contributed by atoms with Crippen LogP contribution in [0.1, 0.15) is 31.7 Å². The maximum absolute atomic E-state index is 5.99. The molecule has 0 spiro atoms. The number of halogens is 1. The number of guanidine groups is 1. The zero-order chi connectivity index (χ0) is 21.0. The quantitative estimate of drug-likeness (QED) is 0.214. The van der Waals surface area contributed by atoms with E-state index >= 15 is 0 Å². The molecule has 0 amide bonds. The number of benzene rings is 1. The number of nitrogens with one attached hydrogen (secondary N) is 1. The van der Waals surface area contributed by atoms with Crippen LogP contribution < -0.4 is 10.2 Å². The molecule has 2 aliphatic rings. The van der Waals surface area contributed by atoms with E-state index in [-0.39, 0.29) is 24.0 Å². The predicted molar refractivity (Wildman–Crippen MR) is 143 cm³/mol. The number of aliphatic imine (C=N–C) groups is 1. The van der Waals surface area contributed by atoms with Crippen LogP contribution in [0.4, 0.5) is 5.69 Å². The molecule has 0 saturated carbocycles. The van der Waals surface area contributed by atoms with E-state index in [4.69, 9.17) is 14.5 Å². The summed E-state index contributed by atoms with van der Waals surface area (Å²) < 4.78 is 11.1. The number of piperidine rings is 1. The van der Waals surface area contributed by atoms with Gasteiger partial charge in [-0.15, -0.1) is 24.0 Å². The first-order valence-electron chi connectivity index (χ1n) is 11.4. The molecule has 3 rings (SSSR count). The molecule has 0 aromatic heterocycles. The number of hydrogen-bond donors (Lipinski definition) is 1. The zero-order valence-corrected chi connectivity index (χ0v) is 22.2. The van der Waals surface area contributed by atoms with Crippen LogP contribution in [0.25, 0.3) is 0 Å². The molecule has 0 bridgehead atoms. The maximum Gasteiger partial charge on any atom is 0.194 e. The molecule has 2 heterocycles. The SMILES string of the molecule is CCNC(=NCc1ccc(N2CCSCC2)cc1)N1CCC(OCCCOC)CC1.I. The third kappa shape index (κ3) is 8.98. The molecule has 2 fully saturated rings. The van der Waals surface area contributed by atoms with E-state index in [2.05, 4.69) is 46.3 Å². The van der Waals surface area contributed by atoms with Gasteiger partial charge in [-0.2, -0.15) is 11.8 Å². The largest absolute Gasteiger partial charge is 0.385 e. The van der Waals surface area contributed by atoms with Crippen molar-refractivity contribution in [3.8, 4) is 0 Å². The third-order valence-electron chi connectivity index (χ3n) is 5.65. The highest BCUT2D eigenvalue weighted by atomic mass is 127. The second kappa shape index (κ2) is 15.2. The molecule has 0 radical (unpaired) electrons. The minimum absolute atomic E-state index is 0. The number of rotatable bonds is 9. The number of methoxy groups -OCH3 is 1. The van der Waals surface area contributed by atoms with Gasteiger partial charge in [0.1, 0.15) is 0 Å². The van der Waals surface area contributed by atoms with Crippen LogP contribution in [-0.2, 0) is 16.0 Å². The van der Waals surface area contributed by atoms with Gasteiger partial charge in [0.25, 0.3) is 0 Å². The molecule has 176 valence electrons. The number of nitrogens with zero attached hydrogens (tertiary/aromatic N) is 3. The maximum atomic E-state index is 5.99. The standard InChI is InChI=1S/C23H38N4O2S.HI/c1-3-24-23(27-11-9-22(10-12-27)29-16-4-15-28-2)25-19-20-5-7-21(8-6-20)26-13-17-30-18-14-26;/h5-8,22H,3-4,9-19H2,1-2H3,(H,24,25);1H. The fraction of sp³-hybridized carbons (Fsp3) is 0.696. The minimum atomic E-state index is 0. The number of hydrogen-bond acceptors (Lipinski definition) is 5. The van der Waals surface area contributed by atoms with E-state index < -0.39 is 0 Å². The Morgan fingerprint density at radius 2 is 1.81 bits per heavy atom. The highest BCUT2D eigenvalue weighted by Crippen LogP contribution is 2.20. The van der Waals surface area contributed by atoms with Crippen molar-refractivity contribution in [2.45, 2.75) is 38.8 Å². The van der Waals surface area contributed by atoms with Crippen LogP contribution >= 0.6 is 35.7 Å². The minimum Gasteiger partial charge on any atom is -0.385 e. The van der Waals surface area contributed by atoms with Crippen molar-refractivity contribution in [1.29, 1.82) is 0 Å². The smallest absolute Gasteiger partial charge is 0.194 e. The summed E-state index contributed by atoms with van der Waals surface area (Å²) in [5, 5.41) is 3.47. The summed E-state index contributed by atoms with van der Waals surface area (Å²) in [6.07, 6.45) is 3.44. The van der Waals surface area contributed by atoms with Gasteiger partial charge in [-0.1, -0.05) is 12.1 Å². The lowest BCUT2D eigenvalue weighted by Gasteiger charge is -2.34. The van der Waals surface area contributed by atoms with Gasteiger partial charge < -0.3 is 24.6 Å². The van der Waals surface area contributed by atoms with Crippen molar-refractivity contribution in [3.63, 3.8) is 0 Å². The first-order valence-corrected chi connectivity index (χ1v) is 12.5. The van der Waals surface area contributed by atoms with Gasteiger partial charge in [0.2, 0.25) is 0 Å². The molecular formula is C23H39IN4O2S. The zero-order valence-electron chi connectivity index (χ0n) is 19.1. The summed E-state index contributed by atoms with van der Waals surface area (Å²) in [5.74, 6) is 3.48. The lowest BCUT2D eigenvalue weighted by atomic mass is 10.1. The highest BCUT2D eigenvalue weighted by molar-refractivity contribution is 14.0. The van der Waals surface area contributed by atoms with E-state index in [9.17, 15) is 0 Å². The van der Waals surface area contributed by atoms with Crippen LogP contribution in [0.2, 0.25) is 0 Å². The first-order chi connectivity index (χ1) is 14.8. The Balaban J connectivity index is 0.00000341. The summed E-state index contributed by atoms with van der Waals surface area (Å²) in [7, 11) is 1.74. The lowest BCUT2D eigenvalue weighted by Crippen LogP contribution is -2.47. The number of thioether (sulfide) groups is 1. The lowest BCUT2D eigenvalue weighted by molar-refractivity contribution is 0.00990. The average molecular weight is 563 g/mol. The Kier molecular flexibility index (Phi) is 13.0. The van der Waals surface area contributed by atoms with Crippen molar-refractivity contribution in [2.24, 2.45) is 4.99 Å². The second-order valence-electron chi connectivity index (χ2n) is 7.84. The Labute approximate surface area is 209 Å². The molecule has 1 N–H and O–H groups in total. The second-order valence-corrected chi connectivity index (χ2v) is 9.06. The molecule has 1 aromatic carbocycles. The number of likely N-dealkylation sites (tertiary alicyclic amines) is 1. The molecular weight excluding hydrogens is 523 g/mol. The molecule has 6 nitrogen and oxygen atoms in total. The van der Waals surface area contributed by atoms with Gasteiger partial charge in [0, 0.05) is 70.2 Å². The summed E-state index contributed by atoms with van der Waals surface area (Å²) >= 11 is 2.05. The van der Waals surface area contributed by atoms with Crippen molar-refractivity contribution in [3.05, 3.63) is 29.8 Å². The Morgan fingerprint density at radius 1 is 1.10 bits per heavy atom. The van der Waals surface area contributed by atoms with E-state index in [1.807, 2.05) is 11.8 Å². The predicted octanol–water partition coefficient (Wildman–Crippen LogP) is 3.84. The molecule has 0 aliphatic carbocycles. The topological polar surface area (TPSA) is 49.3 Å². The Hall–Kier alpha value is -0.710. The van der Waals surface area contributed by atoms with Gasteiger partial charge in [0.15, 0.2) is 5.96 Å². The van der Waals surface area contributed by atoms with Gasteiger partial charge in [-0.05, 0) is 43.9 Å². The van der Waals surface area contributed by atoms with Gasteiger partial charge in [0.05, 0.1) is 12.6 Å². The van der Waals surface area contributed by atoms with E-state index in [1.54, 1.807) is 7.11 Å². The highest BCUT2D eigenvalue weighted by Gasteiger charge is 2.21. The van der Waals surface area contributed by atoms with Gasteiger partial charge in [-0.25, -0.2) is 4.99 Å². The van der Waals surface area contributed by atoms with Crippen molar-refractivity contribution in [2.75, 3.05) is 69.5 Å². The Morgan fingerprint density at radius 3 is 2.45 bits per heavy atom. The third-order valence-corrected chi connectivity index (χ3v) is 6.59. The van der Waals surface area contributed by atoms with Gasteiger partial charge >= 0.3 is 0 Å². The number of ether oxygens (including phenoxy) is 2. The molecule has 1 aromatic rings. The fourth-order valence-corrected chi connectivity index (χ4v) is 4.82. The van der Waals surface area contributed by atoms with Crippen molar-refractivity contribution in [1.82, 2.24) is 10.2 Å². The van der Waals surface area contributed by atoms with E-state index in [0.717, 1.165) is 71.2 Å². The normalized spacial score (nSPS) is 18.1. The summed E-state index contributed by atoms with van der Waals surface area (Å²) in [5.41, 5.74) is 2.60. The Bertz CT molecular complexity index is 633. The van der Waals surface area contributed by atoms with Crippen molar-refractivity contribution < 1.29 is 9.47 Å². The van der Waals surface area contributed by atoms with Crippen LogP contribution in [0.3, 0.4) is 0 Å². The summed E-state index contributed by atoms with van der Waals surface area (Å²) in [6.45, 7) is 9.58. The summed E-state index contributed by atoms with van der Waals surface area (Å²) in [6, 6.07) is 8.95. The monoisotopic (exact) mass is 562 g/mol. The van der Waals surface area contributed by atoms with Crippen LogP contribution in [0.15, 0.2) is 29.3 Å². The average Bonchev–Trinajstić information content (AvgIpc) is 2.81. The van der Waals surface area contributed by atoms with E-state index in [0.29, 0.717) is 12.6 Å². The molecule has 0 unspecified atom stereocenters. The molecule has 0 atom stereocenters. The summed E-state index contributed by atoms with van der Waals surface area (Å²) in [4.78, 5) is 9.77.